The zero-order valence-corrected chi connectivity index (χ0v) is 12.1. The van der Waals surface area contributed by atoms with Gasteiger partial charge in [-0.3, -0.25) is 0 Å². The van der Waals surface area contributed by atoms with Gasteiger partial charge in [-0.05, 0) is 12.1 Å². The molecule has 0 bridgehead atoms. The quantitative estimate of drug-likeness (QED) is 0.770. The molecule has 0 spiro atoms. The number of amides is 2. The second-order valence-corrected chi connectivity index (χ2v) is 4.84. The number of carbonyl (C=O) groups excluding carboxylic acids is 1. The van der Waals surface area contributed by atoms with Crippen LogP contribution < -0.4 is 10.6 Å². The molecular weight excluding hydrogens is 297 g/mol. The molecule has 2 aromatic carbocycles. The van der Waals surface area contributed by atoms with Crippen molar-refractivity contribution in [2.75, 3.05) is 5.32 Å². The minimum absolute atomic E-state index is 0.120. The van der Waals surface area contributed by atoms with Gasteiger partial charge in [0.05, 0.1) is 12.2 Å². The van der Waals surface area contributed by atoms with Crippen LogP contribution >= 0.6 is 0 Å². The lowest BCUT2D eigenvalue weighted by atomic mass is 10.2. The number of carbonyl (C=O) groups is 1. The Hall–Kier alpha value is -3.15. The minimum atomic E-state index is -0.514. The van der Waals surface area contributed by atoms with E-state index in [1.54, 1.807) is 18.2 Å². The van der Waals surface area contributed by atoms with Crippen molar-refractivity contribution in [3.05, 3.63) is 72.2 Å². The predicted octanol–water partition coefficient (Wildman–Crippen LogP) is 3.80. The largest absolute Gasteiger partial charge is 0.356 e. The van der Waals surface area contributed by atoms with Crippen molar-refractivity contribution in [2.45, 2.75) is 6.54 Å². The summed E-state index contributed by atoms with van der Waals surface area (Å²) in [7, 11) is 0. The van der Waals surface area contributed by atoms with Gasteiger partial charge in [0.1, 0.15) is 11.5 Å². The third-order valence-corrected chi connectivity index (χ3v) is 3.17. The first kappa shape index (κ1) is 14.8. The third kappa shape index (κ3) is 3.74. The number of hydrogen-bond donors (Lipinski definition) is 2. The van der Waals surface area contributed by atoms with E-state index in [9.17, 15) is 9.18 Å². The van der Waals surface area contributed by atoms with Gasteiger partial charge >= 0.3 is 6.03 Å². The molecule has 0 radical (unpaired) electrons. The fourth-order valence-corrected chi connectivity index (χ4v) is 2.03. The van der Waals surface area contributed by atoms with Crippen LogP contribution in [0.4, 0.5) is 14.9 Å². The summed E-state index contributed by atoms with van der Waals surface area (Å²) in [6.07, 6.45) is 0. The number of para-hydroxylation sites is 1. The Morgan fingerprint density at radius 1 is 1.09 bits per heavy atom. The molecule has 0 saturated carbocycles. The predicted molar refractivity (Wildman–Crippen MR) is 84.2 cm³/mol. The van der Waals surface area contributed by atoms with E-state index in [0.29, 0.717) is 11.5 Å². The summed E-state index contributed by atoms with van der Waals surface area (Å²) in [4.78, 5) is 11.8. The van der Waals surface area contributed by atoms with Crippen LogP contribution in [0.3, 0.4) is 0 Å². The number of rotatable bonds is 4. The zero-order chi connectivity index (χ0) is 16.1. The molecule has 116 valence electrons. The van der Waals surface area contributed by atoms with Crippen molar-refractivity contribution >= 4 is 11.7 Å². The zero-order valence-electron chi connectivity index (χ0n) is 12.1. The highest BCUT2D eigenvalue weighted by Crippen LogP contribution is 2.19. The van der Waals surface area contributed by atoms with Gasteiger partial charge in [0, 0.05) is 11.6 Å². The highest BCUT2D eigenvalue weighted by atomic mass is 19.1. The molecule has 2 amide bonds. The maximum atomic E-state index is 13.4. The maximum Gasteiger partial charge on any atom is 0.319 e. The van der Waals surface area contributed by atoms with Gasteiger partial charge in [0.15, 0.2) is 5.76 Å². The van der Waals surface area contributed by atoms with Gasteiger partial charge in [-0.25, -0.2) is 9.18 Å². The average Bonchev–Trinajstić information content (AvgIpc) is 3.05. The Morgan fingerprint density at radius 3 is 2.61 bits per heavy atom. The summed E-state index contributed by atoms with van der Waals surface area (Å²) in [5.41, 5.74) is 1.60. The smallest absolute Gasteiger partial charge is 0.319 e. The Bertz CT molecular complexity index is 802. The first-order valence-electron chi connectivity index (χ1n) is 7.03. The van der Waals surface area contributed by atoms with Crippen LogP contribution in [0.25, 0.3) is 11.3 Å². The van der Waals surface area contributed by atoms with Gasteiger partial charge < -0.3 is 15.2 Å². The molecule has 0 unspecified atom stereocenters. The number of hydrogen-bond acceptors (Lipinski definition) is 3. The second kappa shape index (κ2) is 6.74. The Kier molecular flexibility index (Phi) is 4.33. The van der Waals surface area contributed by atoms with Gasteiger partial charge in [0.2, 0.25) is 0 Å². The van der Waals surface area contributed by atoms with E-state index in [1.165, 1.54) is 12.1 Å². The van der Waals surface area contributed by atoms with Crippen molar-refractivity contribution in [2.24, 2.45) is 0 Å². The van der Waals surface area contributed by atoms with Gasteiger partial charge in [0.25, 0.3) is 0 Å². The van der Waals surface area contributed by atoms with Crippen LogP contribution in [0.5, 0.6) is 0 Å². The fourth-order valence-electron chi connectivity index (χ4n) is 2.03. The van der Waals surface area contributed by atoms with Crippen molar-refractivity contribution in [3.63, 3.8) is 0 Å². The van der Waals surface area contributed by atoms with E-state index in [1.807, 2.05) is 30.3 Å². The van der Waals surface area contributed by atoms with Gasteiger partial charge in [-0.15, -0.1) is 0 Å². The molecule has 0 aliphatic rings. The van der Waals surface area contributed by atoms with Crippen LogP contribution in [-0.2, 0) is 6.54 Å². The lowest BCUT2D eigenvalue weighted by Gasteiger charge is -2.06. The van der Waals surface area contributed by atoms with Gasteiger partial charge in [-0.1, -0.05) is 47.6 Å². The Balaban J connectivity index is 1.58. The number of urea groups is 1. The lowest BCUT2D eigenvalue weighted by Crippen LogP contribution is -2.28. The molecule has 1 aromatic heterocycles. The number of aromatic nitrogens is 1. The van der Waals surface area contributed by atoms with Crippen molar-refractivity contribution < 1.29 is 13.7 Å². The summed E-state index contributed by atoms with van der Waals surface area (Å²) in [5.74, 6) is 0.132. The first-order chi connectivity index (χ1) is 11.2. The molecule has 0 fully saturated rings. The summed E-state index contributed by atoms with van der Waals surface area (Å²) in [5, 5.41) is 8.93. The van der Waals surface area contributed by atoms with Crippen molar-refractivity contribution in [1.82, 2.24) is 10.5 Å². The molecule has 1 heterocycles. The molecule has 6 heteroatoms. The summed E-state index contributed by atoms with van der Waals surface area (Å²) < 4.78 is 18.7. The fraction of sp³-hybridized carbons (Fsp3) is 0.0588. The molecule has 0 atom stereocenters. The summed E-state index contributed by atoms with van der Waals surface area (Å²) >= 11 is 0. The maximum absolute atomic E-state index is 13.4. The molecule has 2 N–H and O–H groups in total. The molecule has 0 aliphatic heterocycles. The normalized spacial score (nSPS) is 10.3. The monoisotopic (exact) mass is 311 g/mol. The van der Waals surface area contributed by atoms with E-state index in [4.69, 9.17) is 4.52 Å². The van der Waals surface area contributed by atoms with Crippen LogP contribution in [0.15, 0.2) is 65.2 Å². The molecule has 0 saturated heterocycles. The van der Waals surface area contributed by atoms with E-state index in [-0.39, 0.29) is 12.2 Å². The average molecular weight is 311 g/mol. The SMILES string of the molecule is O=C(NCc1cc(-c2ccccc2)on1)Nc1ccccc1F. The Labute approximate surface area is 132 Å². The van der Waals surface area contributed by atoms with Crippen LogP contribution in [-0.4, -0.2) is 11.2 Å². The molecule has 3 aromatic rings. The van der Waals surface area contributed by atoms with E-state index < -0.39 is 11.8 Å². The first-order valence-corrected chi connectivity index (χ1v) is 7.03. The van der Waals surface area contributed by atoms with Crippen LogP contribution in [0, 0.1) is 5.82 Å². The number of benzene rings is 2. The highest BCUT2D eigenvalue weighted by molar-refractivity contribution is 5.89. The van der Waals surface area contributed by atoms with Crippen molar-refractivity contribution in [3.8, 4) is 11.3 Å². The molecule has 23 heavy (non-hydrogen) atoms. The number of nitrogens with one attached hydrogen (secondary N) is 2. The Morgan fingerprint density at radius 2 is 1.83 bits per heavy atom. The van der Waals surface area contributed by atoms with E-state index in [0.717, 1.165) is 5.56 Å². The molecular formula is C17H14FN3O2. The topological polar surface area (TPSA) is 67.2 Å². The van der Waals surface area contributed by atoms with Crippen molar-refractivity contribution in [1.29, 1.82) is 0 Å². The third-order valence-electron chi connectivity index (χ3n) is 3.17. The van der Waals surface area contributed by atoms with E-state index >= 15 is 0 Å². The van der Waals surface area contributed by atoms with E-state index in [2.05, 4.69) is 15.8 Å². The van der Waals surface area contributed by atoms with Crippen LogP contribution in [0.2, 0.25) is 0 Å². The second-order valence-electron chi connectivity index (χ2n) is 4.84. The summed E-state index contributed by atoms with van der Waals surface area (Å²) in [6, 6.07) is 16.7. The minimum Gasteiger partial charge on any atom is -0.356 e. The lowest BCUT2D eigenvalue weighted by molar-refractivity contribution is 0.251. The molecule has 0 aliphatic carbocycles. The number of halogens is 1. The highest BCUT2D eigenvalue weighted by Gasteiger charge is 2.09. The van der Waals surface area contributed by atoms with Gasteiger partial charge in [-0.2, -0.15) is 0 Å². The standard InChI is InChI=1S/C17H14FN3O2/c18-14-8-4-5-9-15(14)20-17(22)19-11-13-10-16(23-21-13)12-6-2-1-3-7-12/h1-10H,11H2,(H2,19,20,22). The molecule has 3 rings (SSSR count). The molecule has 5 nitrogen and oxygen atoms in total. The summed E-state index contributed by atoms with van der Waals surface area (Å²) in [6.45, 7) is 0.177. The number of anilines is 1. The van der Waals surface area contributed by atoms with Crippen LogP contribution in [0.1, 0.15) is 5.69 Å². The number of nitrogens with zero attached hydrogens (tertiary/aromatic N) is 1.